The lowest BCUT2D eigenvalue weighted by molar-refractivity contribution is 0.670. The zero-order valence-electron chi connectivity index (χ0n) is 37.8. The molecular weight excluding hydrogens is 835 g/mol. The van der Waals surface area contributed by atoms with E-state index < -0.39 is 5.41 Å². The summed E-state index contributed by atoms with van der Waals surface area (Å²) >= 11 is 0. The highest BCUT2D eigenvalue weighted by Crippen LogP contribution is 2.58. The van der Waals surface area contributed by atoms with Crippen molar-refractivity contribution in [2.75, 3.05) is 4.90 Å². The Hall–Kier alpha value is -8.98. The van der Waals surface area contributed by atoms with Crippen molar-refractivity contribution in [2.45, 2.75) is 5.41 Å². The number of para-hydroxylation sites is 3. The summed E-state index contributed by atoms with van der Waals surface area (Å²) in [7, 11) is 0. The maximum Gasteiger partial charge on any atom is 0.143 e. The second-order valence-corrected chi connectivity index (χ2v) is 18.0. The number of furan rings is 1. The highest BCUT2D eigenvalue weighted by molar-refractivity contribution is 6.09. The summed E-state index contributed by atoms with van der Waals surface area (Å²) in [6, 6.07) is 99.4. The van der Waals surface area contributed by atoms with E-state index >= 15 is 0 Å². The Balaban J connectivity index is 1.03. The van der Waals surface area contributed by atoms with E-state index in [9.17, 15) is 0 Å². The molecule has 0 aliphatic heterocycles. The van der Waals surface area contributed by atoms with Crippen molar-refractivity contribution in [3.8, 4) is 55.6 Å². The summed E-state index contributed by atoms with van der Waals surface area (Å²) in [4.78, 5) is 2.44. The number of hydrogen-bond donors (Lipinski definition) is 0. The van der Waals surface area contributed by atoms with Gasteiger partial charge < -0.3 is 9.32 Å². The lowest BCUT2D eigenvalue weighted by Gasteiger charge is -2.35. The third-order valence-corrected chi connectivity index (χ3v) is 14.2. The van der Waals surface area contributed by atoms with Gasteiger partial charge in [-0.3, -0.25) is 0 Å². The summed E-state index contributed by atoms with van der Waals surface area (Å²) in [6.07, 6.45) is 0. The SMILES string of the molecule is c1ccc(-c2ccc(C3(c4ccc(-c5ccccc5)cc4)c4ccccc4-c4ccc(N(c5ccc(-c6cccc7c6oc6ccccc67)cc5)c5ccccc5-c5ccccc5)cc43)cc2)cc1. The van der Waals surface area contributed by atoms with Crippen LogP contribution in [-0.4, -0.2) is 0 Å². The summed E-state index contributed by atoms with van der Waals surface area (Å²) in [5.41, 5.74) is 21.1. The van der Waals surface area contributed by atoms with E-state index in [0.29, 0.717) is 0 Å². The number of fused-ring (bicyclic) bond motifs is 6. The van der Waals surface area contributed by atoms with E-state index in [0.717, 1.165) is 61.3 Å². The smallest absolute Gasteiger partial charge is 0.143 e. The third kappa shape index (κ3) is 6.72. The molecule has 0 fully saturated rings. The summed E-state index contributed by atoms with van der Waals surface area (Å²) in [6.45, 7) is 0. The average Bonchev–Trinajstić information content (AvgIpc) is 3.96. The Morgan fingerprint density at radius 3 is 1.42 bits per heavy atom. The molecule has 0 atom stereocenters. The van der Waals surface area contributed by atoms with Crippen LogP contribution in [0, 0.1) is 0 Å². The van der Waals surface area contributed by atoms with Crippen molar-refractivity contribution in [3.05, 3.63) is 295 Å². The molecule has 1 heterocycles. The Morgan fingerprint density at radius 2 is 0.754 bits per heavy atom. The van der Waals surface area contributed by atoms with Gasteiger partial charge in [-0.2, -0.15) is 0 Å². The zero-order chi connectivity index (χ0) is 45.7. The van der Waals surface area contributed by atoms with Gasteiger partial charge in [-0.15, -0.1) is 0 Å². The molecule has 2 nitrogen and oxygen atoms in total. The summed E-state index contributed by atoms with van der Waals surface area (Å²) in [5, 5.41) is 2.25. The van der Waals surface area contributed by atoms with Crippen LogP contribution in [-0.2, 0) is 5.41 Å². The van der Waals surface area contributed by atoms with Crippen molar-refractivity contribution in [3.63, 3.8) is 0 Å². The number of hydrogen-bond acceptors (Lipinski definition) is 2. The van der Waals surface area contributed by atoms with Crippen molar-refractivity contribution < 1.29 is 4.42 Å². The molecule has 11 aromatic carbocycles. The number of rotatable bonds is 9. The van der Waals surface area contributed by atoms with Crippen LogP contribution < -0.4 is 4.90 Å². The molecule has 0 saturated carbocycles. The fourth-order valence-corrected chi connectivity index (χ4v) is 11.0. The largest absolute Gasteiger partial charge is 0.455 e. The van der Waals surface area contributed by atoms with Gasteiger partial charge in [-0.05, 0) is 103 Å². The van der Waals surface area contributed by atoms with Gasteiger partial charge >= 0.3 is 0 Å². The van der Waals surface area contributed by atoms with Crippen molar-refractivity contribution in [2.24, 2.45) is 0 Å². The van der Waals surface area contributed by atoms with Crippen LogP contribution in [0.2, 0.25) is 0 Å². The summed E-state index contributed by atoms with van der Waals surface area (Å²) < 4.78 is 6.53. The van der Waals surface area contributed by atoms with Gasteiger partial charge in [0.15, 0.2) is 0 Å². The second-order valence-electron chi connectivity index (χ2n) is 18.0. The molecule has 0 radical (unpaired) electrons. The first-order valence-corrected chi connectivity index (χ1v) is 23.7. The van der Waals surface area contributed by atoms with Crippen LogP contribution in [0.25, 0.3) is 77.6 Å². The molecule has 69 heavy (non-hydrogen) atoms. The molecule has 0 amide bonds. The van der Waals surface area contributed by atoms with Gasteiger partial charge in [0.2, 0.25) is 0 Å². The fourth-order valence-electron chi connectivity index (χ4n) is 11.0. The molecular formula is C67H45NO. The van der Waals surface area contributed by atoms with E-state index in [1.54, 1.807) is 0 Å². The second kappa shape index (κ2) is 16.7. The summed E-state index contributed by atoms with van der Waals surface area (Å²) in [5.74, 6) is 0. The molecule has 0 N–H and O–H groups in total. The van der Waals surface area contributed by atoms with E-state index in [1.807, 2.05) is 12.1 Å². The molecule has 0 bridgehead atoms. The molecule has 1 aliphatic carbocycles. The van der Waals surface area contributed by atoms with Crippen molar-refractivity contribution in [1.29, 1.82) is 0 Å². The molecule has 0 spiro atoms. The predicted octanol–water partition coefficient (Wildman–Crippen LogP) is 18.1. The quantitative estimate of drug-likeness (QED) is 0.144. The molecule has 324 valence electrons. The number of nitrogens with zero attached hydrogens (tertiary/aromatic N) is 1. The molecule has 0 unspecified atom stereocenters. The van der Waals surface area contributed by atoms with Gasteiger partial charge in [0.05, 0.1) is 11.1 Å². The molecule has 13 rings (SSSR count). The molecule has 1 aliphatic rings. The molecule has 12 aromatic rings. The van der Waals surface area contributed by atoms with Crippen LogP contribution >= 0.6 is 0 Å². The predicted molar refractivity (Wildman–Crippen MR) is 287 cm³/mol. The lowest BCUT2D eigenvalue weighted by atomic mass is 9.67. The van der Waals surface area contributed by atoms with Gasteiger partial charge in [0, 0.05) is 33.3 Å². The van der Waals surface area contributed by atoms with E-state index in [2.05, 4.69) is 266 Å². The molecule has 0 saturated heterocycles. The topological polar surface area (TPSA) is 16.4 Å². The number of benzene rings is 11. The van der Waals surface area contributed by atoms with Crippen LogP contribution in [0.15, 0.2) is 277 Å². The Kier molecular flexibility index (Phi) is 9.77. The monoisotopic (exact) mass is 879 g/mol. The lowest BCUT2D eigenvalue weighted by Crippen LogP contribution is -2.29. The highest BCUT2D eigenvalue weighted by atomic mass is 16.3. The van der Waals surface area contributed by atoms with E-state index in [-0.39, 0.29) is 0 Å². The minimum atomic E-state index is -0.633. The van der Waals surface area contributed by atoms with Gasteiger partial charge in [-0.25, -0.2) is 0 Å². The normalized spacial score (nSPS) is 12.5. The van der Waals surface area contributed by atoms with Crippen molar-refractivity contribution in [1.82, 2.24) is 0 Å². The highest BCUT2D eigenvalue weighted by Gasteiger charge is 2.46. The van der Waals surface area contributed by atoms with Gasteiger partial charge in [0.1, 0.15) is 11.2 Å². The van der Waals surface area contributed by atoms with Gasteiger partial charge in [0.25, 0.3) is 0 Å². The fraction of sp³-hybridized carbons (Fsp3) is 0.0149. The van der Waals surface area contributed by atoms with Crippen LogP contribution in [0.3, 0.4) is 0 Å². The van der Waals surface area contributed by atoms with E-state index in [1.165, 1.54) is 55.6 Å². The standard InChI is InChI=1S/C67H45NO/c1-4-17-46(18-5-1)48-31-37-52(38-32-48)67(53-39-33-49(34-40-53)47-19-6-2-7-20-47)62-28-13-10-24-58(62)59-44-43-55(45-63(59)67)68(64-29-14-11-23-56(64)50-21-8-3-9-22-50)54-41-35-51(36-42-54)57-26-16-27-61-60-25-12-15-30-65(60)69-66(57)61/h1-45H. The number of anilines is 3. The first-order valence-electron chi connectivity index (χ1n) is 23.7. The third-order valence-electron chi connectivity index (χ3n) is 14.2. The first kappa shape index (κ1) is 40.3. The Labute approximate surface area is 402 Å². The zero-order valence-corrected chi connectivity index (χ0v) is 37.8. The minimum Gasteiger partial charge on any atom is -0.455 e. The Bertz CT molecular complexity index is 3710. The maximum atomic E-state index is 6.53. The molecule has 2 heteroatoms. The van der Waals surface area contributed by atoms with Crippen molar-refractivity contribution >= 4 is 39.0 Å². The van der Waals surface area contributed by atoms with Crippen LogP contribution in [0.1, 0.15) is 22.3 Å². The first-order chi connectivity index (χ1) is 34.2. The van der Waals surface area contributed by atoms with Crippen LogP contribution in [0.5, 0.6) is 0 Å². The Morgan fingerprint density at radius 1 is 0.290 bits per heavy atom. The van der Waals surface area contributed by atoms with Crippen LogP contribution in [0.4, 0.5) is 17.1 Å². The maximum absolute atomic E-state index is 6.53. The van der Waals surface area contributed by atoms with Gasteiger partial charge in [-0.1, -0.05) is 237 Å². The van der Waals surface area contributed by atoms with E-state index in [4.69, 9.17) is 4.42 Å². The molecule has 1 aromatic heterocycles. The average molecular weight is 880 g/mol. The minimum absolute atomic E-state index is 0.633.